The van der Waals surface area contributed by atoms with Gasteiger partial charge in [-0.15, -0.1) is 10.2 Å². The lowest BCUT2D eigenvalue weighted by Gasteiger charge is -2.08. The molecular formula is C13H16N6O. The van der Waals surface area contributed by atoms with E-state index >= 15 is 0 Å². The van der Waals surface area contributed by atoms with E-state index in [2.05, 4.69) is 33.0 Å². The number of urea groups is 1. The van der Waals surface area contributed by atoms with Crippen molar-refractivity contribution in [3.8, 4) is 11.4 Å². The highest BCUT2D eigenvalue weighted by Crippen LogP contribution is 2.20. The number of tetrazole rings is 1. The quantitative estimate of drug-likeness (QED) is 0.873. The van der Waals surface area contributed by atoms with Gasteiger partial charge in [-0.1, -0.05) is 31.2 Å². The number of aryl methyl sites for hydroxylation is 1. The first-order valence-electron chi connectivity index (χ1n) is 6.69. The topological polar surface area (TPSA) is 84.7 Å². The van der Waals surface area contributed by atoms with Crippen LogP contribution in [0.25, 0.3) is 11.4 Å². The number of carbonyl (C=O) groups is 1. The Morgan fingerprint density at radius 3 is 2.80 bits per heavy atom. The lowest BCUT2D eigenvalue weighted by atomic mass is 10.1. The summed E-state index contributed by atoms with van der Waals surface area (Å²) in [6.07, 6.45) is 0.975. The predicted octanol–water partition coefficient (Wildman–Crippen LogP) is 1.10. The van der Waals surface area contributed by atoms with Crippen molar-refractivity contribution in [1.29, 1.82) is 0 Å². The SMILES string of the molecule is CCCn1nnc(-c2ccc(C3CNC(=O)N3)cc2)n1. The smallest absolute Gasteiger partial charge is 0.315 e. The van der Waals surface area contributed by atoms with Gasteiger partial charge in [0.2, 0.25) is 5.82 Å². The van der Waals surface area contributed by atoms with Crippen LogP contribution in [-0.4, -0.2) is 32.8 Å². The Morgan fingerprint density at radius 2 is 2.15 bits per heavy atom. The lowest BCUT2D eigenvalue weighted by molar-refractivity contribution is 0.247. The van der Waals surface area contributed by atoms with E-state index in [1.54, 1.807) is 4.80 Å². The second-order valence-corrected chi connectivity index (χ2v) is 4.74. The molecule has 0 radical (unpaired) electrons. The predicted molar refractivity (Wildman–Crippen MR) is 72.8 cm³/mol. The molecule has 1 fully saturated rings. The summed E-state index contributed by atoms with van der Waals surface area (Å²) in [7, 11) is 0. The van der Waals surface area contributed by atoms with E-state index < -0.39 is 0 Å². The Labute approximate surface area is 116 Å². The zero-order chi connectivity index (χ0) is 13.9. The average Bonchev–Trinajstić information content (AvgIpc) is 3.09. The fraction of sp³-hybridized carbons (Fsp3) is 0.385. The van der Waals surface area contributed by atoms with Gasteiger partial charge in [-0.25, -0.2) is 4.79 Å². The zero-order valence-corrected chi connectivity index (χ0v) is 11.2. The van der Waals surface area contributed by atoms with E-state index in [4.69, 9.17) is 0 Å². The van der Waals surface area contributed by atoms with Gasteiger partial charge in [0.25, 0.3) is 0 Å². The second kappa shape index (κ2) is 5.28. The number of carbonyl (C=O) groups excluding carboxylic acids is 1. The van der Waals surface area contributed by atoms with Crippen LogP contribution in [-0.2, 0) is 6.54 Å². The normalized spacial score (nSPS) is 17.9. The Bertz CT molecular complexity index is 606. The van der Waals surface area contributed by atoms with Crippen molar-refractivity contribution in [2.75, 3.05) is 6.54 Å². The molecule has 2 N–H and O–H groups in total. The molecule has 0 saturated carbocycles. The van der Waals surface area contributed by atoms with Crippen LogP contribution in [0.4, 0.5) is 4.79 Å². The molecule has 1 saturated heterocycles. The van der Waals surface area contributed by atoms with Gasteiger partial charge in [0.05, 0.1) is 12.6 Å². The minimum absolute atomic E-state index is 0.0280. The Balaban J connectivity index is 1.76. The maximum absolute atomic E-state index is 11.1. The third kappa shape index (κ3) is 2.47. The molecular weight excluding hydrogens is 256 g/mol. The number of benzene rings is 1. The maximum Gasteiger partial charge on any atom is 0.315 e. The first-order valence-corrected chi connectivity index (χ1v) is 6.69. The number of rotatable bonds is 4. The fourth-order valence-electron chi connectivity index (χ4n) is 2.17. The molecule has 1 aliphatic heterocycles. The van der Waals surface area contributed by atoms with Gasteiger partial charge in [0.1, 0.15) is 0 Å². The largest absolute Gasteiger partial charge is 0.336 e. The Hall–Kier alpha value is -2.44. The van der Waals surface area contributed by atoms with Gasteiger partial charge in [0, 0.05) is 12.1 Å². The lowest BCUT2D eigenvalue weighted by Crippen LogP contribution is -2.21. The number of hydrogen-bond donors (Lipinski definition) is 2. The van der Waals surface area contributed by atoms with E-state index in [0.717, 1.165) is 24.1 Å². The molecule has 1 aromatic heterocycles. The van der Waals surface area contributed by atoms with Crippen molar-refractivity contribution in [2.24, 2.45) is 0 Å². The van der Waals surface area contributed by atoms with Crippen molar-refractivity contribution in [2.45, 2.75) is 25.9 Å². The second-order valence-electron chi connectivity index (χ2n) is 4.74. The van der Waals surface area contributed by atoms with Crippen LogP contribution in [0.2, 0.25) is 0 Å². The molecule has 1 aromatic carbocycles. The minimum atomic E-state index is -0.122. The number of nitrogens with zero attached hydrogens (tertiary/aromatic N) is 4. The minimum Gasteiger partial charge on any atom is -0.336 e. The third-order valence-corrected chi connectivity index (χ3v) is 3.22. The highest BCUT2D eigenvalue weighted by atomic mass is 16.2. The molecule has 3 rings (SSSR count). The molecule has 104 valence electrons. The molecule has 2 heterocycles. The van der Waals surface area contributed by atoms with Gasteiger partial charge in [-0.2, -0.15) is 4.80 Å². The summed E-state index contributed by atoms with van der Waals surface area (Å²) in [5.74, 6) is 0.624. The van der Waals surface area contributed by atoms with Gasteiger partial charge < -0.3 is 10.6 Å². The van der Waals surface area contributed by atoms with Gasteiger partial charge >= 0.3 is 6.03 Å². The van der Waals surface area contributed by atoms with Crippen LogP contribution >= 0.6 is 0 Å². The Kier molecular flexibility index (Phi) is 3.32. The summed E-state index contributed by atoms with van der Waals surface area (Å²) in [5.41, 5.74) is 1.99. The molecule has 1 unspecified atom stereocenters. The van der Waals surface area contributed by atoms with Crippen molar-refractivity contribution < 1.29 is 4.79 Å². The van der Waals surface area contributed by atoms with Crippen molar-refractivity contribution in [1.82, 2.24) is 30.8 Å². The highest BCUT2D eigenvalue weighted by molar-refractivity contribution is 5.77. The maximum atomic E-state index is 11.1. The molecule has 1 aliphatic rings. The van der Waals surface area contributed by atoms with Crippen LogP contribution < -0.4 is 10.6 Å². The highest BCUT2D eigenvalue weighted by Gasteiger charge is 2.21. The van der Waals surface area contributed by atoms with Gasteiger partial charge in [-0.3, -0.25) is 0 Å². The first-order chi connectivity index (χ1) is 9.76. The molecule has 7 nitrogen and oxygen atoms in total. The van der Waals surface area contributed by atoms with Crippen molar-refractivity contribution in [3.63, 3.8) is 0 Å². The van der Waals surface area contributed by atoms with Crippen LogP contribution in [0.5, 0.6) is 0 Å². The van der Waals surface area contributed by atoms with Crippen LogP contribution in [0.15, 0.2) is 24.3 Å². The molecule has 2 amide bonds. The molecule has 0 spiro atoms. The summed E-state index contributed by atoms with van der Waals surface area (Å²) in [5, 5.41) is 18.0. The molecule has 20 heavy (non-hydrogen) atoms. The van der Waals surface area contributed by atoms with Crippen LogP contribution in [0, 0.1) is 0 Å². The summed E-state index contributed by atoms with van der Waals surface area (Å²) in [6, 6.07) is 7.77. The third-order valence-electron chi connectivity index (χ3n) is 3.22. The fourth-order valence-corrected chi connectivity index (χ4v) is 2.17. The molecule has 1 atom stereocenters. The molecule has 7 heteroatoms. The summed E-state index contributed by atoms with van der Waals surface area (Å²) in [4.78, 5) is 12.7. The van der Waals surface area contributed by atoms with Gasteiger partial charge in [-0.05, 0) is 17.2 Å². The van der Waals surface area contributed by atoms with E-state index in [1.807, 2.05) is 24.3 Å². The van der Waals surface area contributed by atoms with E-state index in [0.29, 0.717) is 12.4 Å². The standard InChI is InChI=1S/C13H16N6O/c1-2-7-19-17-12(16-18-19)10-5-3-9(4-6-10)11-8-14-13(20)15-11/h3-6,11H,2,7-8H2,1H3,(H2,14,15,20). The van der Waals surface area contributed by atoms with Crippen LogP contribution in [0.3, 0.4) is 0 Å². The van der Waals surface area contributed by atoms with E-state index in [9.17, 15) is 4.79 Å². The molecule has 0 aliphatic carbocycles. The van der Waals surface area contributed by atoms with E-state index in [-0.39, 0.29) is 12.1 Å². The molecule has 2 aromatic rings. The number of aromatic nitrogens is 4. The summed E-state index contributed by atoms with van der Waals surface area (Å²) < 4.78 is 0. The van der Waals surface area contributed by atoms with Crippen LogP contribution in [0.1, 0.15) is 24.9 Å². The molecule has 0 bridgehead atoms. The van der Waals surface area contributed by atoms with Gasteiger partial charge in [0.15, 0.2) is 0 Å². The van der Waals surface area contributed by atoms with Crippen molar-refractivity contribution >= 4 is 6.03 Å². The van der Waals surface area contributed by atoms with E-state index in [1.165, 1.54) is 0 Å². The Morgan fingerprint density at radius 1 is 1.35 bits per heavy atom. The number of amides is 2. The zero-order valence-electron chi connectivity index (χ0n) is 11.2. The first kappa shape index (κ1) is 12.6. The summed E-state index contributed by atoms with van der Waals surface area (Å²) in [6.45, 7) is 3.45. The number of hydrogen-bond acceptors (Lipinski definition) is 4. The number of nitrogens with one attached hydrogen (secondary N) is 2. The van der Waals surface area contributed by atoms with Crippen molar-refractivity contribution in [3.05, 3.63) is 29.8 Å². The summed E-state index contributed by atoms with van der Waals surface area (Å²) >= 11 is 0. The monoisotopic (exact) mass is 272 g/mol. The average molecular weight is 272 g/mol.